The number of hydrogen-bond donors (Lipinski definition) is 0. The van der Waals surface area contributed by atoms with E-state index in [0.717, 1.165) is 0 Å². The molecule has 0 atom stereocenters. The summed E-state index contributed by atoms with van der Waals surface area (Å²) in [6, 6.07) is 37.9. The van der Waals surface area contributed by atoms with Crippen molar-refractivity contribution in [1.29, 1.82) is 0 Å². The van der Waals surface area contributed by atoms with Crippen LogP contribution >= 0.6 is 11.3 Å². The van der Waals surface area contributed by atoms with Gasteiger partial charge in [0.2, 0.25) is 0 Å². The summed E-state index contributed by atoms with van der Waals surface area (Å²) >= 11 is 1.95. The number of anilines is 6. The summed E-state index contributed by atoms with van der Waals surface area (Å²) in [4.78, 5) is 5.48. The number of hydrogen-bond acceptors (Lipinski definition) is 3. The lowest BCUT2D eigenvalue weighted by Crippen LogP contribution is -2.62. The van der Waals surface area contributed by atoms with Crippen LogP contribution in [0.1, 0.15) is 187 Å². The molecule has 0 N–H and O–H groups in total. The van der Waals surface area contributed by atoms with E-state index in [1.54, 1.807) is 0 Å². The molecule has 2 aliphatic heterocycles. The van der Waals surface area contributed by atoms with E-state index in [4.69, 9.17) is 0 Å². The Labute approximate surface area is 419 Å². The van der Waals surface area contributed by atoms with Gasteiger partial charge in [-0.2, -0.15) is 0 Å². The second kappa shape index (κ2) is 14.2. The number of benzene rings is 6. The molecule has 4 heteroatoms. The molecule has 5 aliphatic rings. The Morgan fingerprint density at radius 2 is 0.928 bits per heavy atom. The number of nitrogens with zero attached hydrogens (tertiary/aromatic N) is 2. The summed E-state index contributed by atoms with van der Waals surface area (Å²) in [5.41, 5.74) is 24.6. The van der Waals surface area contributed by atoms with Crippen molar-refractivity contribution in [3.63, 3.8) is 0 Å². The third kappa shape index (κ3) is 6.54. The second-order valence-electron chi connectivity index (χ2n) is 27.5. The minimum atomic E-state index is 0.0543. The van der Waals surface area contributed by atoms with Gasteiger partial charge in [0.1, 0.15) is 0 Å². The van der Waals surface area contributed by atoms with Crippen LogP contribution in [0.4, 0.5) is 34.1 Å². The van der Waals surface area contributed by atoms with Crippen LogP contribution in [0.5, 0.6) is 0 Å². The van der Waals surface area contributed by atoms with Crippen molar-refractivity contribution in [3.05, 3.63) is 136 Å². The fourth-order valence-electron chi connectivity index (χ4n) is 14.0. The molecule has 1 aromatic heterocycles. The topological polar surface area (TPSA) is 6.48 Å². The molecule has 0 saturated heterocycles. The smallest absolute Gasteiger partial charge is 0.252 e. The molecule has 6 aromatic carbocycles. The molecule has 0 radical (unpaired) electrons. The van der Waals surface area contributed by atoms with Gasteiger partial charge in [-0.1, -0.05) is 140 Å². The fraction of sp³-hybridized carbons (Fsp3) is 0.446. The average Bonchev–Trinajstić information content (AvgIpc) is 3.66. The molecule has 354 valence electrons. The molecule has 3 aliphatic carbocycles. The first-order valence-corrected chi connectivity index (χ1v) is 27.2. The van der Waals surface area contributed by atoms with Gasteiger partial charge in [0.25, 0.3) is 6.71 Å². The monoisotopic (exact) mass is 927 g/mol. The van der Waals surface area contributed by atoms with Gasteiger partial charge in [0.15, 0.2) is 0 Å². The molecular weight excluding hydrogens is 852 g/mol. The van der Waals surface area contributed by atoms with Gasteiger partial charge in [-0.25, -0.2) is 0 Å². The summed E-state index contributed by atoms with van der Waals surface area (Å²) in [5, 5.41) is 2.71. The van der Waals surface area contributed by atoms with Crippen molar-refractivity contribution >= 4 is 88.7 Å². The van der Waals surface area contributed by atoms with E-state index in [1.165, 1.54) is 154 Å². The summed E-state index contributed by atoms with van der Waals surface area (Å²) in [5.74, 6) is 0. The number of fused-ring (bicyclic) bond motifs is 10. The predicted octanol–water partition coefficient (Wildman–Crippen LogP) is 16.8. The molecule has 12 rings (SSSR count). The highest BCUT2D eigenvalue weighted by Crippen LogP contribution is 2.55. The van der Waals surface area contributed by atoms with Gasteiger partial charge < -0.3 is 9.80 Å². The van der Waals surface area contributed by atoms with Gasteiger partial charge in [0, 0.05) is 48.6 Å². The SMILES string of the molecule is Cc1cc2c3c(c1)N(c1cccc4sc5cc(C(C)(C)C)ccc5c14)c1cc4c(cc1B3c1cc3c(cc1N2c1ccc2c(c1)C(C)(C)CCC2(C)C)C(C)(C)CCC3(C)C)C(C)(C)CCC4(C)C. The Morgan fingerprint density at radius 1 is 0.449 bits per heavy atom. The minimum Gasteiger partial charge on any atom is -0.311 e. The van der Waals surface area contributed by atoms with Gasteiger partial charge >= 0.3 is 0 Å². The van der Waals surface area contributed by atoms with Crippen molar-refractivity contribution in [2.24, 2.45) is 0 Å². The largest absolute Gasteiger partial charge is 0.311 e. The molecule has 0 fully saturated rings. The lowest BCUT2D eigenvalue weighted by molar-refractivity contribution is 0.332. The molecule has 0 saturated carbocycles. The van der Waals surface area contributed by atoms with E-state index < -0.39 is 0 Å². The maximum atomic E-state index is 2.74. The van der Waals surface area contributed by atoms with Crippen molar-refractivity contribution < 1.29 is 0 Å². The van der Waals surface area contributed by atoms with Gasteiger partial charge in [0.05, 0.1) is 5.69 Å². The van der Waals surface area contributed by atoms with Crippen molar-refractivity contribution in [2.45, 2.75) is 187 Å². The van der Waals surface area contributed by atoms with E-state index in [9.17, 15) is 0 Å². The Kier molecular flexibility index (Phi) is 9.34. The highest BCUT2D eigenvalue weighted by molar-refractivity contribution is 7.26. The summed E-state index contributed by atoms with van der Waals surface area (Å²) < 4.78 is 2.72. The predicted molar refractivity (Wildman–Crippen MR) is 303 cm³/mol. The zero-order chi connectivity index (χ0) is 48.9. The molecule has 3 heterocycles. The van der Waals surface area contributed by atoms with Crippen LogP contribution in [-0.2, 0) is 37.9 Å². The van der Waals surface area contributed by atoms with Crippen LogP contribution in [0.2, 0.25) is 0 Å². The Balaban J connectivity index is 1.22. The molecular formula is C65H75BN2S. The zero-order valence-corrected chi connectivity index (χ0v) is 45.6. The molecule has 2 nitrogen and oxygen atoms in total. The fourth-order valence-corrected chi connectivity index (χ4v) is 15.1. The van der Waals surface area contributed by atoms with E-state index in [-0.39, 0.29) is 44.6 Å². The van der Waals surface area contributed by atoms with E-state index in [1.807, 2.05) is 11.3 Å². The standard InChI is InChI=1S/C65H75BN2S/c1-38-30-53-58-54(31-38)68(50-18-17-19-55-57(50)41-22-20-39(59(2,3)4)32-56(41)69-55)52-37-47-45(63(11,12)27-29-65(47,15)16)35-49(52)66(58)48-34-44-46(64(13,14)28-26-62(44,9)10)36-51(48)67(53)40-21-23-42-43(33-40)61(7,8)25-24-60(42,5)6/h17-23,30-37H,24-29H2,1-16H3. The first-order valence-electron chi connectivity index (χ1n) is 26.4. The van der Waals surface area contributed by atoms with Crippen LogP contribution in [0.3, 0.4) is 0 Å². The zero-order valence-electron chi connectivity index (χ0n) is 44.8. The summed E-state index contributed by atoms with van der Waals surface area (Å²) in [6.45, 7) is 39.4. The van der Waals surface area contributed by atoms with Gasteiger partial charge in [-0.15, -0.1) is 11.3 Å². The first kappa shape index (κ1) is 45.4. The van der Waals surface area contributed by atoms with Crippen LogP contribution in [0.25, 0.3) is 20.2 Å². The lowest BCUT2D eigenvalue weighted by Gasteiger charge is -2.49. The maximum Gasteiger partial charge on any atom is 0.252 e. The quantitative estimate of drug-likeness (QED) is 0.159. The highest BCUT2D eigenvalue weighted by atomic mass is 32.1. The van der Waals surface area contributed by atoms with Gasteiger partial charge in [-0.3, -0.25) is 0 Å². The summed E-state index contributed by atoms with van der Waals surface area (Å²) in [7, 11) is 0. The molecule has 7 aromatic rings. The lowest BCUT2D eigenvalue weighted by atomic mass is 9.32. The molecule has 0 bridgehead atoms. The Hall–Kier alpha value is -4.80. The van der Waals surface area contributed by atoms with Crippen molar-refractivity contribution in [3.8, 4) is 0 Å². The Bertz CT molecular complexity index is 3360. The van der Waals surface area contributed by atoms with Crippen LogP contribution < -0.4 is 26.2 Å². The third-order valence-electron chi connectivity index (χ3n) is 18.8. The molecule has 0 unspecified atom stereocenters. The average molecular weight is 927 g/mol. The third-order valence-corrected chi connectivity index (χ3v) is 19.9. The maximum absolute atomic E-state index is 2.74. The van der Waals surface area contributed by atoms with Crippen molar-refractivity contribution in [2.75, 3.05) is 9.80 Å². The number of thiophene rings is 1. The van der Waals surface area contributed by atoms with Gasteiger partial charge in [-0.05, 0) is 199 Å². The second-order valence-corrected chi connectivity index (χ2v) is 28.6. The number of aryl methyl sites for hydroxylation is 1. The van der Waals surface area contributed by atoms with Crippen LogP contribution in [0.15, 0.2) is 91.0 Å². The van der Waals surface area contributed by atoms with Crippen LogP contribution in [0, 0.1) is 6.92 Å². The Morgan fingerprint density at radius 3 is 1.46 bits per heavy atom. The number of rotatable bonds is 2. The normalized spacial score (nSPS) is 20.7. The molecule has 69 heavy (non-hydrogen) atoms. The first-order chi connectivity index (χ1) is 32.2. The van der Waals surface area contributed by atoms with Crippen molar-refractivity contribution in [1.82, 2.24) is 0 Å². The van der Waals surface area contributed by atoms with Crippen LogP contribution in [-0.4, -0.2) is 6.71 Å². The van der Waals surface area contributed by atoms with E-state index in [0.29, 0.717) is 0 Å². The summed E-state index contributed by atoms with van der Waals surface area (Å²) in [6.07, 6.45) is 7.14. The van der Waals surface area contributed by atoms with E-state index in [2.05, 4.69) is 212 Å². The molecule has 0 spiro atoms. The van der Waals surface area contributed by atoms with E-state index >= 15 is 0 Å². The minimum absolute atomic E-state index is 0.0543. The highest BCUT2D eigenvalue weighted by Gasteiger charge is 2.49. The molecule has 0 amide bonds.